The Balaban J connectivity index is 1.38. The lowest BCUT2D eigenvalue weighted by Crippen LogP contribution is -2.20. The van der Waals surface area contributed by atoms with Gasteiger partial charge in [0.2, 0.25) is 12.7 Å². The summed E-state index contributed by atoms with van der Waals surface area (Å²) < 4.78 is 12.8. The summed E-state index contributed by atoms with van der Waals surface area (Å²) in [7, 11) is 1.95. The van der Waals surface area contributed by atoms with Crippen LogP contribution in [0.1, 0.15) is 17.0 Å². The van der Waals surface area contributed by atoms with Crippen molar-refractivity contribution in [3.05, 3.63) is 71.7 Å². The molecule has 0 aliphatic carbocycles. The maximum Gasteiger partial charge on any atom is 0.245 e. The van der Waals surface area contributed by atoms with Crippen LogP contribution in [0.4, 0.5) is 5.95 Å². The molecule has 0 spiro atoms. The zero-order valence-corrected chi connectivity index (χ0v) is 17.6. The Labute approximate surface area is 180 Å². The van der Waals surface area contributed by atoms with E-state index in [1.54, 1.807) is 6.20 Å². The van der Waals surface area contributed by atoms with Crippen molar-refractivity contribution in [1.82, 2.24) is 25.0 Å². The Bertz CT molecular complexity index is 1250. The van der Waals surface area contributed by atoms with Crippen molar-refractivity contribution in [2.45, 2.75) is 20.4 Å². The molecule has 8 nitrogen and oxygen atoms in total. The van der Waals surface area contributed by atoms with Gasteiger partial charge in [0.25, 0.3) is 0 Å². The van der Waals surface area contributed by atoms with Crippen LogP contribution in [0.15, 0.2) is 54.7 Å². The Morgan fingerprint density at radius 1 is 1.03 bits per heavy atom. The standard InChI is InChI=1S/C23H22N6O2/c1-15-9-16(2)29(27-15)19-6-4-5-17(10-19)13-28(3)23-25-20(12-24-26-23)18-7-8-21-22(11-18)31-14-30-21/h4-12H,13-14H2,1-3H3. The molecule has 0 radical (unpaired) electrons. The van der Waals surface area contributed by atoms with Gasteiger partial charge < -0.3 is 14.4 Å². The lowest BCUT2D eigenvalue weighted by atomic mass is 10.1. The Morgan fingerprint density at radius 3 is 2.74 bits per heavy atom. The van der Waals surface area contributed by atoms with Gasteiger partial charge in [0.1, 0.15) is 0 Å². The summed E-state index contributed by atoms with van der Waals surface area (Å²) in [5, 5.41) is 13.0. The van der Waals surface area contributed by atoms with Crippen LogP contribution < -0.4 is 14.4 Å². The number of anilines is 1. The first-order valence-electron chi connectivity index (χ1n) is 10.0. The van der Waals surface area contributed by atoms with Crippen LogP contribution in [-0.2, 0) is 6.54 Å². The van der Waals surface area contributed by atoms with Gasteiger partial charge in [-0.3, -0.25) is 0 Å². The van der Waals surface area contributed by atoms with E-state index in [0.717, 1.165) is 39.6 Å². The third kappa shape index (κ3) is 3.79. The molecule has 0 saturated carbocycles. The number of benzene rings is 2. The average Bonchev–Trinajstić information content (AvgIpc) is 3.39. The third-order valence-electron chi connectivity index (χ3n) is 5.14. The molecule has 0 fully saturated rings. The second-order valence-electron chi connectivity index (χ2n) is 7.57. The quantitative estimate of drug-likeness (QED) is 0.493. The van der Waals surface area contributed by atoms with Crippen molar-refractivity contribution in [3.8, 4) is 28.4 Å². The highest BCUT2D eigenvalue weighted by atomic mass is 16.7. The monoisotopic (exact) mass is 414 g/mol. The van der Waals surface area contributed by atoms with E-state index in [4.69, 9.17) is 14.5 Å². The summed E-state index contributed by atoms with van der Waals surface area (Å²) in [6.07, 6.45) is 1.65. The van der Waals surface area contributed by atoms with E-state index >= 15 is 0 Å². The topological polar surface area (TPSA) is 78.2 Å². The number of nitrogens with zero attached hydrogens (tertiary/aromatic N) is 6. The highest BCUT2D eigenvalue weighted by Gasteiger charge is 2.16. The normalized spacial score (nSPS) is 12.2. The van der Waals surface area contributed by atoms with Gasteiger partial charge in [0.05, 0.1) is 23.3 Å². The molecular formula is C23H22N6O2. The second-order valence-corrected chi connectivity index (χ2v) is 7.57. The number of hydrogen-bond acceptors (Lipinski definition) is 7. The van der Waals surface area contributed by atoms with Crippen molar-refractivity contribution in [3.63, 3.8) is 0 Å². The van der Waals surface area contributed by atoms with Crippen LogP contribution in [0, 0.1) is 13.8 Å². The van der Waals surface area contributed by atoms with Crippen molar-refractivity contribution in [2.75, 3.05) is 18.7 Å². The summed E-state index contributed by atoms with van der Waals surface area (Å²) in [5.74, 6) is 2.00. The van der Waals surface area contributed by atoms with Crippen molar-refractivity contribution in [1.29, 1.82) is 0 Å². The lowest BCUT2D eigenvalue weighted by Gasteiger charge is -2.17. The van der Waals surface area contributed by atoms with Crippen LogP contribution >= 0.6 is 0 Å². The number of rotatable bonds is 5. The molecule has 4 aromatic rings. The van der Waals surface area contributed by atoms with Gasteiger partial charge in [-0.15, -0.1) is 5.10 Å². The highest BCUT2D eigenvalue weighted by molar-refractivity contribution is 5.64. The molecule has 2 aromatic carbocycles. The van der Waals surface area contributed by atoms with Gasteiger partial charge in [0, 0.05) is 24.8 Å². The van der Waals surface area contributed by atoms with Crippen LogP contribution in [0.2, 0.25) is 0 Å². The van der Waals surface area contributed by atoms with Gasteiger partial charge in [-0.25, -0.2) is 9.67 Å². The fraction of sp³-hybridized carbons (Fsp3) is 0.217. The summed E-state index contributed by atoms with van der Waals surface area (Å²) in [6, 6.07) is 16.1. The molecule has 0 saturated heterocycles. The first kappa shape index (κ1) is 19.0. The fourth-order valence-corrected chi connectivity index (χ4v) is 3.67. The zero-order chi connectivity index (χ0) is 21.4. The largest absolute Gasteiger partial charge is 0.454 e. The molecule has 0 bridgehead atoms. The van der Waals surface area contributed by atoms with E-state index in [-0.39, 0.29) is 6.79 Å². The van der Waals surface area contributed by atoms with E-state index in [0.29, 0.717) is 18.2 Å². The zero-order valence-electron chi connectivity index (χ0n) is 17.6. The molecule has 1 aliphatic heterocycles. The Morgan fingerprint density at radius 2 is 1.90 bits per heavy atom. The number of aromatic nitrogens is 5. The molecule has 5 rings (SSSR count). The maximum absolute atomic E-state index is 5.47. The molecule has 1 aliphatic rings. The molecule has 31 heavy (non-hydrogen) atoms. The van der Waals surface area contributed by atoms with E-state index in [2.05, 4.69) is 46.5 Å². The smallest absolute Gasteiger partial charge is 0.245 e. The van der Waals surface area contributed by atoms with E-state index in [9.17, 15) is 0 Å². The molecule has 3 heterocycles. The molecule has 0 amide bonds. The van der Waals surface area contributed by atoms with Gasteiger partial charge >= 0.3 is 0 Å². The molecular weight excluding hydrogens is 392 g/mol. The molecule has 0 atom stereocenters. The van der Waals surface area contributed by atoms with Crippen LogP contribution in [0.25, 0.3) is 16.9 Å². The molecule has 156 valence electrons. The maximum atomic E-state index is 5.47. The second kappa shape index (κ2) is 7.71. The number of ether oxygens (including phenoxy) is 2. The van der Waals surface area contributed by atoms with Crippen LogP contribution in [0.5, 0.6) is 11.5 Å². The first-order chi connectivity index (χ1) is 15.1. The van der Waals surface area contributed by atoms with Crippen molar-refractivity contribution >= 4 is 5.95 Å². The van der Waals surface area contributed by atoms with Gasteiger partial charge in [-0.05, 0) is 55.8 Å². The molecule has 8 heteroatoms. The van der Waals surface area contributed by atoms with Gasteiger partial charge in [0.15, 0.2) is 11.5 Å². The number of hydrogen-bond donors (Lipinski definition) is 0. The predicted octanol–water partition coefficient (Wildman–Crippen LogP) is 3.71. The van der Waals surface area contributed by atoms with Gasteiger partial charge in [-0.2, -0.15) is 10.2 Å². The SMILES string of the molecule is Cc1cc(C)n(-c2cccc(CN(C)c3nncc(-c4ccc5c(c4)OCO5)n3)c2)n1. The highest BCUT2D eigenvalue weighted by Crippen LogP contribution is 2.35. The average molecular weight is 414 g/mol. The minimum atomic E-state index is 0.242. The van der Waals surface area contributed by atoms with Crippen LogP contribution in [0.3, 0.4) is 0 Å². The first-order valence-corrected chi connectivity index (χ1v) is 10.0. The Kier molecular flexibility index (Phi) is 4.74. The molecule has 0 N–H and O–H groups in total. The van der Waals surface area contributed by atoms with Crippen molar-refractivity contribution in [2.24, 2.45) is 0 Å². The van der Waals surface area contributed by atoms with E-state index in [1.165, 1.54) is 0 Å². The van der Waals surface area contributed by atoms with E-state index < -0.39 is 0 Å². The number of aryl methyl sites for hydroxylation is 2. The minimum absolute atomic E-state index is 0.242. The van der Waals surface area contributed by atoms with Crippen molar-refractivity contribution < 1.29 is 9.47 Å². The summed E-state index contributed by atoms with van der Waals surface area (Å²) in [4.78, 5) is 6.68. The molecule has 0 unspecified atom stereocenters. The van der Waals surface area contributed by atoms with Crippen LogP contribution in [-0.4, -0.2) is 38.8 Å². The fourth-order valence-electron chi connectivity index (χ4n) is 3.67. The predicted molar refractivity (Wildman–Crippen MR) is 117 cm³/mol. The number of fused-ring (bicyclic) bond motifs is 1. The molecule has 2 aromatic heterocycles. The lowest BCUT2D eigenvalue weighted by molar-refractivity contribution is 0.174. The Hall–Kier alpha value is -3.94. The van der Waals surface area contributed by atoms with E-state index in [1.807, 2.05) is 47.8 Å². The van der Waals surface area contributed by atoms with Gasteiger partial charge in [-0.1, -0.05) is 12.1 Å². The summed E-state index contributed by atoms with van der Waals surface area (Å²) in [5.41, 5.74) is 5.90. The summed E-state index contributed by atoms with van der Waals surface area (Å²) in [6.45, 7) is 4.93. The minimum Gasteiger partial charge on any atom is -0.454 e. The summed E-state index contributed by atoms with van der Waals surface area (Å²) >= 11 is 0. The third-order valence-corrected chi connectivity index (χ3v) is 5.14.